The van der Waals surface area contributed by atoms with Crippen molar-refractivity contribution >= 4 is 33.6 Å². The lowest BCUT2D eigenvalue weighted by Crippen LogP contribution is -2.61. The highest BCUT2D eigenvalue weighted by Crippen LogP contribution is 2.25. The Morgan fingerprint density at radius 2 is 1.73 bits per heavy atom. The van der Waals surface area contributed by atoms with Gasteiger partial charge in [0.1, 0.15) is 0 Å². The van der Waals surface area contributed by atoms with Gasteiger partial charge in [-0.15, -0.1) is 0 Å². The number of carbonyl (C=O) groups excluding carboxylic acids is 1. The molecular weight excluding hydrogens is 424 g/mol. The van der Waals surface area contributed by atoms with Crippen LogP contribution in [-0.4, -0.2) is 61.9 Å². The van der Waals surface area contributed by atoms with Crippen LogP contribution in [0.2, 0.25) is 5.02 Å². The molecule has 0 aliphatic carbocycles. The molecule has 2 saturated heterocycles. The highest BCUT2D eigenvalue weighted by molar-refractivity contribution is 7.89. The third-order valence-electron chi connectivity index (χ3n) is 5.28. The number of ether oxygens (including phenoxy) is 1. The van der Waals surface area contributed by atoms with Gasteiger partial charge in [-0.1, -0.05) is 41.4 Å². The largest absolute Gasteiger partial charge is 0.369 e. The smallest absolute Gasteiger partial charge is 0.246 e. The Hall–Kier alpha value is -2.19. The Morgan fingerprint density at radius 1 is 1.07 bits per heavy atom. The molecule has 2 atom stereocenters. The number of benzene rings is 2. The minimum atomic E-state index is -3.59. The zero-order valence-corrected chi connectivity index (χ0v) is 18.1. The molecule has 0 saturated carbocycles. The average Bonchev–Trinajstić information content (AvgIpc) is 2.71. The molecule has 158 valence electrons. The summed E-state index contributed by atoms with van der Waals surface area (Å²) in [4.78, 5) is 14.6. The molecule has 6 nitrogen and oxygen atoms in total. The molecule has 2 unspecified atom stereocenters. The number of sulfonamides is 1. The summed E-state index contributed by atoms with van der Waals surface area (Å²) in [7, 11) is -3.59. The number of aryl methyl sites for hydroxylation is 1. The van der Waals surface area contributed by atoms with Gasteiger partial charge in [0, 0.05) is 37.3 Å². The summed E-state index contributed by atoms with van der Waals surface area (Å²) in [6.45, 7) is 3.09. The molecular formula is C22H23ClN2O4S. The fourth-order valence-corrected chi connectivity index (χ4v) is 5.48. The van der Waals surface area contributed by atoms with E-state index in [-0.39, 0.29) is 36.1 Å². The third kappa shape index (κ3) is 4.59. The SMILES string of the molecule is Cc1ccc(S(=O)(=O)N2CC3CN(C(=O)/C=C/c4cccc(Cl)c4)CC(C2)O3)cc1. The minimum absolute atomic E-state index is 0.122. The molecule has 30 heavy (non-hydrogen) atoms. The van der Waals surface area contributed by atoms with E-state index >= 15 is 0 Å². The number of rotatable bonds is 4. The fourth-order valence-electron chi connectivity index (χ4n) is 3.77. The molecule has 0 aromatic heterocycles. The van der Waals surface area contributed by atoms with Gasteiger partial charge < -0.3 is 9.64 Å². The van der Waals surface area contributed by atoms with Gasteiger partial charge in [-0.3, -0.25) is 4.79 Å². The number of morpholine rings is 2. The molecule has 2 heterocycles. The zero-order chi connectivity index (χ0) is 21.3. The summed E-state index contributed by atoms with van der Waals surface area (Å²) in [5.41, 5.74) is 1.85. The van der Waals surface area contributed by atoms with Crippen LogP contribution < -0.4 is 0 Å². The fraction of sp³-hybridized carbons (Fsp3) is 0.318. The second kappa shape index (κ2) is 8.51. The monoisotopic (exact) mass is 446 g/mol. The Kier molecular flexibility index (Phi) is 5.97. The van der Waals surface area contributed by atoms with Crippen LogP contribution in [0.4, 0.5) is 0 Å². The molecule has 2 aliphatic rings. The van der Waals surface area contributed by atoms with Crippen molar-refractivity contribution in [1.29, 1.82) is 0 Å². The van der Waals surface area contributed by atoms with Gasteiger partial charge in [-0.05, 0) is 42.8 Å². The summed E-state index contributed by atoms with van der Waals surface area (Å²) in [5.74, 6) is -0.122. The first-order valence-corrected chi connectivity index (χ1v) is 11.6. The number of fused-ring (bicyclic) bond motifs is 2. The van der Waals surface area contributed by atoms with Crippen molar-refractivity contribution in [2.75, 3.05) is 26.2 Å². The van der Waals surface area contributed by atoms with E-state index in [4.69, 9.17) is 16.3 Å². The lowest BCUT2D eigenvalue weighted by Gasteiger charge is -2.44. The van der Waals surface area contributed by atoms with E-state index in [0.717, 1.165) is 11.1 Å². The predicted octanol–water partition coefficient (Wildman–Crippen LogP) is 2.96. The van der Waals surface area contributed by atoms with Gasteiger partial charge in [0.15, 0.2) is 0 Å². The van der Waals surface area contributed by atoms with Crippen molar-refractivity contribution in [2.24, 2.45) is 0 Å². The summed E-state index contributed by atoms with van der Waals surface area (Å²) >= 11 is 5.98. The minimum Gasteiger partial charge on any atom is -0.369 e. The van der Waals surface area contributed by atoms with Crippen LogP contribution in [0.1, 0.15) is 11.1 Å². The van der Waals surface area contributed by atoms with E-state index in [1.165, 1.54) is 10.4 Å². The number of carbonyl (C=O) groups is 1. The predicted molar refractivity (Wildman–Crippen MR) is 116 cm³/mol. The van der Waals surface area contributed by atoms with E-state index in [9.17, 15) is 13.2 Å². The summed E-state index contributed by atoms with van der Waals surface area (Å²) in [6, 6.07) is 14.1. The van der Waals surface area contributed by atoms with Gasteiger partial charge in [-0.25, -0.2) is 8.42 Å². The van der Waals surface area contributed by atoms with E-state index in [1.54, 1.807) is 47.4 Å². The van der Waals surface area contributed by atoms with Crippen molar-refractivity contribution in [3.8, 4) is 0 Å². The lowest BCUT2D eigenvalue weighted by molar-refractivity contribution is -0.150. The Morgan fingerprint density at radius 3 is 2.37 bits per heavy atom. The normalized spacial score (nSPS) is 22.4. The topological polar surface area (TPSA) is 66.9 Å². The molecule has 2 fully saturated rings. The van der Waals surface area contributed by atoms with Crippen LogP contribution in [0, 0.1) is 6.92 Å². The highest BCUT2D eigenvalue weighted by atomic mass is 35.5. The highest BCUT2D eigenvalue weighted by Gasteiger charge is 2.40. The molecule has 2 aromatic rings. The van der Waals surface area contributed by atoms with Crippen molar-refractivity contribution in [3.05, 3.63) is 70.8 Å². The lowest BCUT2D eigenvalue weighted by atomic mass is 10.1. The molecule has 0 N–H and O–H groups in total. The maximum absolute atomic E-state index is 13.0. The molecule has 0 radical (unpaired) electrons. The number of halogens is 1. The molecule has 4 rings (SSSR count). The first-order chi connectivity index (χ1) is 14.3. The maximum Gasteiger partial charge on any atom is 0.246 e. The summed E-state index contributed by atoms with van der Waals surface area (Å²) < 4.78 is 33.4. The van der Waals surface area contributed by atoms with Crippen molar-refractivity contribution in [2.45, 2.75) is 24.0 Å². The first-order valence-electron chi connectivity index (χ1n) is 9.76. The van der Waals surface area contributed by atoms with Crippen LogP contribution in [0.5, 0.6) is 0 Å². The molecule has 2 bridgehead atoms. The van der Waals surface area contributed by atoms with Gasteiger partial charge in [0.05, 0.1) is 17.1 Å². The molecule has 1 amide bonds. The van der Waals surface area contributed by atoms with Crippen LogP contribution >= 0.6 is 11.6 Å². The van der Waals surface area contributed by atoms with E-state index in [1.807, 2.05) is 19.1 Å². The van der Waals surface area contributed by atoms with Crippen molar-refractivity contribution in [1.82, 2.24) is 9.21 Å². The second-order valence-electron chi connectivity index (χ2n) is 7.65. The summed E-state index contributed by atoms with van der Waals surface area (Å²) in [6.07, 6.45) is 2.56. The van der Waals surface area contributed by atoms with Crippen LogP contribution in [0.3, 0.4) is 0 Å². The Bertz CT molecular complexity index is 1050. The second-order valence-corrected chi connectivity index (χ2v) is 10.0. The van der Waals surface area contributed by atoms with Gasteiger partial charge >= 0.3 is 0 Å². The maximum atomic E-state index is 13.0. The van der Waals surface area contributed by atoms with Crippen LogP contribution in [0.15, 0.2) is 59.5 Å². The van der Waals surface area contributed by atoms with Gasteiger partial charge in [-0.2, -0.15) is 4.31 Å². The molecule has 2 aromatic carbocycles. The van der Waals surface area contributed by atoms with Crippen molar-refractivity contribution in [3.63, 3.8) is 0 Å². The zero-order valence-electron chi connectivity index (χ0n) is 16.6. The quantitative estimate of drug-likeness (QED) is 0.677. The average molecular weight is 447 g/mol. The number of amides is 1. The number of hydrogen-bond donors (Lipinski definition) is 0. The van der Waals surface area contributed by atoms with Crippen LogP contribution in [-0.2, 0) is 19.6 Å². The van der Waals surface area contributed by atoms with E-state index in [0.29, 0.717) is 18.1 Å². The van der Waals surface area contributed by atoms with Gasteiger partial charge in [0.2, 0.25) is 15.9 Å². The van der Waals surface area contributed by atoms with Crippen molar-refractivity contribution < 1.29 is 17.9 Å². The van der Waals surface area contributed by atoms with E-state index < -0.39 is 10.0 Å². The Balaban J connectivity index is 1.42. The number of hydrogen-bond acceptors (Lipinski definition) is 4. The van der Waals surface area contributed by atoms with Crippen LogP contribution in [0.25, 0.3) is 6.08 Å². The third-order valence-corrected chi connectivity index (χ3v) is 7.37. The standard InChI is InChI=1S/C22H23ClN2O4S/c1-16-5-8-21(9-6-16)30(27,28)25-14-19-12-24(13-20(15-25)29-19)22(26)10-7-17-3-2-4-18(23)11-17/h2-11,19-20H,12-15H2,1H3/b10-7+. The molecule has 0 spiro atoms. The summed E-state index contributed by atoms with van der Waals surface area (Å²) in [5, 5.41) is 0.611. The van der Waals surface area contributed by atoms with Gasteiger partial charge in [0.25, 0.3) is 0 Å². The first kappa shape index (κ1) is 21.1. The Labute approximate surface area is 181 Å². The molecule has 8 heteroatoms. The van der Waals surface area contributed by atoms with E-state index in [2.05, 4.69) is 0 Å². The molecule has 2 aliphatic heterocycles. The number of nitrogens with zero attached hydrogens (tertiary/aromatic N) is 2.